The highest BCUT2D eigenvalue weighted by atomic mass is 32.2. The van der Waals surface area contributed by atoms with Gasteiger partial charge in [-0.1, -0.05) is 0 Å². The Kier molecular flexibility index (Phi) is 5.29. The van der Waals surface area contributed by atoms with Crippen molar-refractivity contribution in [2.45, 2.75) is 18.0 Å². The van der Waals surface area contributed by atoms with Gasteiger partial charge in [0.2, 0.25) is 10.0 Å². The Hall–Kier alpha value is -1.48. The van der Waals surface area contributed by atoms with Crippen molar-refractivity contribution in [3.8, 4) is 5.75 Å². The minimum absolute atomic E-state index is 0.180. The summed E-state index contributed by atoms with van der Waals surface area (Å²) in [7, 11) is -0.219. The third-order valence-electron chi connectivity index (χ3n) is 2.86. The number of nitrogens with one attached hydrogen (secondary N) is 2. The molecule has 114 valence electrons. The molecule has 0 aliphatic rings. The molecule has 0 saturated carbocycles. The Morgan fingerprint density at radius 3 is 2.76 bits per heavy atom. The van der Waals surface area contributed by atoms with Crippen molar-refractivity contribution in [2.75, 3.05) is 14.2 Å². The van der Waals surface area contributed by atoms with Gasteiger partial charge in [-0.2, -0.15) is 0 Å². The smallest absolute Gasteiger partial charge is 0.240 e. The Balaban J connectivity index is 2.20. The Morgan fingerprint density at radius 1 is 1.33 bits per heavy atom. The van der Waals surface area contributed by atoms with E-state index in [0.717, 1.165) is 5.56 Å². The number of hydrogen-bond acceptors (Lipinski definition) is 6. The number of benzene rings is 1. The van der Waals surface area contributed by atoms with Gasteiger partial charge in [-0.3, -0.25) is 0 Å². The number of rotatable bonds is 7. The summed E-state index contributed by atoms with van der Waals surface area (Å²) in [5.41, 5.74) is 3.16. The van der Waals surface area contributed by atoms with E-state index in [1.54, 1.807) is 31.8 Å². The van der Waals surface area contributed by atoms with Crippen molar-refractivity contribution in [1.29, 1.82) is 0 Å². The molecular weight excluding hydrogens is 310 g/mol. The highest BCUT2D eigenvalue weighted by molar-refractivity contribution is 7.89. The van der Waals surface area contributed by atoms with Crippen molar-refractivity contribution in [3.05, 3.63) is 40.3 Å². The molecule has 21 heavy (non-hydrogen) atoms. The van der Waals surface area contributed by atoms with E-state index in [0.29, 0.717) is 18.0 Å². The predicted molar refractivity (Wildman–Crippen MR) is 81.9 cm³/mol. The van der Waals surface area contributed by atoms with Crippen LogP contribution in [0.4, 0.5) is 0 Å². The molecule has 0 radical (unpaired) electrons. The fraction of sp³-hybridized carbons (Fsp3) is 0.308. The van der Waals surface area contributed by atoms with Gasteiger partial charge >= 0.3 is 0 Å². The fourth-order valence-corrected chi connectivity index (χ4v) is 3.44. The molecule has 0 fully saturated rings. The van der Waals surface area contributed by atoms with Crippen LogP contribution in [0.15, 0.2) is 34.0 Å². The Labute approximate surface area is 128 Å². The molecule has 6 nitrogen and oxygen atoms in total. The van der Waals surface area contributed by atoms with Gasteiger partial charge in [-0.05, 0) is 25.2 Å². The largest absolute Gasteiger partial charge is 0.496 e. The summed E-state index contributed by atoms with van der Waals surface area (Å²) in [5, 5.41) is 4.80. The van der Waals surface area contributed by atoms with E-state index in [-0.39, 0.29) is 11.4 Å². The van der Waals surface area contributed by atoms with E-state index in [1.165, 1.54) is 17.4 Å². The second-order valence-electron chi connectivity index (χ2n) is 4.31. The van der Waals surface area contributed by atoms with Crippen molar-refractivity contribution in [1.82, 2.24) is 15.0 Å². The van der Waals surface area contributed by atoms with Gasteiger partial charge in [-0.15, -0.1) is 11.3 Å². The van der Waals surface area contributed by atoms with Crippen LogP contribution in [0.5, 0.6) is 5.75 Å². The quantitative estimate of drug-likeness (QED) is 0.802. The first kappa shape index (κ1) is 15.9. The van der Waals surface area contributed by atoms with E-state index in [4.69, 9.17) is 4.74 Å². The number of sulfonamides is 1. The number of nitrogens with zero attached hydrogens (tertiary/aromatic N) is 1. The van der Waals surface area contributed by atoms with E-state index >= 15 is 0 Å². The summed E-state index contributed by atoms with van der Waals surface area (Å²) in [5.74, 6) is 0.655. The van der Waals surface area contributed by atoms with Crippen LogP contribution in [0.3, 0.4) is 0 Å². The summed E-state index contributed by atoms with van der Waals surface area (Å²) >= 11 is 1.43. The third kappa shape index (κ3) is 4.01. The normalized spacial score (nSPS) is 11.5. The number of hydrogen-bond donors (Lipinski definition) is 2. The van der Waals surface area contributed by atoms with Gasteiger partial charge in [0, 0.05) is 17.5 Å². The van der Waals surface area contributed by atoms with Crippen LogP contribution in [-0.4, -0.2) is 27.6 Å². The highest BCUT2D eigenvalue weighted by Gasteiger charge is 2.16. The van der Waals surface area contributed by atoms with Crippen LogP contribution in [0.25, 0.3) is 0 Å². The lowest BCUT2D eigenvalue weighted by Gasteiger charge is -2.11. The Morgan fingerprint density at radius 2 is 2.14 bits per heavy atom. The standard InChI is InChI=1S/C13H17N3O3S2/c1-14-6-10-5-12(3-4-13(10)19-2)21(17,18)16-7-11-8-20-9-15-11/h3-5,8-9,14,16H,6-7H2,1-2H3. The van der Waals surface area contributed by atoms with Crippen LogP contribution in [0, 0.1) is 0 Å². The van der Waals surface area contributed by atoms with E-state index in [1.807, 2.05) is 5.38 Å². The van der Waals surface area contributed by atoms with E-state index in [9.17, 15) is 8.42 Å². The van der Waals surface area contributed by atoms with Gasteiger partial charge in [0.25, 0.3) is 0 Å². The molecule has 8 heteroatoms. The molecule has 2 aromatic rings. The van der Waals surface area contributed by atoms with Gasteiger partial charge in [-0.25, -0.2) is 18.1 Å². The maximum atomic E-state index is 12.3. The fourth-order valence-electron chi connectivity index (χ4n) is 1.83. The summed E-state index contributed by atoms with van der Waals surface area (Å²) in [6.07, 6.45) is 0. The van der Waals surface area contributed by atoms with Crippen LogP contribution >= 0.6 is 11.3 Å². The minimum atomic E-state index is -3.57. The van der Waals surface area contributed by atoms with Gasteiger partial charge < -0.3 is 10.1 Å². The lowest BCUT2D eigenvalue weighted by Crippen LogP contribution is -2.23. The lowest BCUT2D eigenvalue weighted by molar-refractivity contribution is 0.408. The zero-order valence-corrected chi connectivity index (χ0v) is 13.4. The molecule has 2 N–H and O–H groups in total. The molecule has 0 aliphatic carbocycles. The monoisotopic (exact) mass is 327 g/mol. The molecule has 0 unspecified atom stereocenters. The van der Waals surface area contributed by atoms with Crippen LogP contribution in [0.2, 0.25) is 0 Å². The van der Waals surface area contributed by atoms with Crippen molar-refractivity contribution >= 4 is 21.4 Å². The van der Waals surface area contributed by atoms with Gasteiger partial charge in [0.1, 0.15) is 5.75 Å². The molecule has 0 aliphatic heterocycles. The van der Waals surface area contributed by atoms with Crippen molar-refractivity contribution < 1.29 is 13.2 Å². The summed E-state index contributed by atoms with van der Waals surface area (Å²) in [6.45, 7) is 0.706. The van der Waals surface area contributed by atoms with Gasteiger partial charge in [0.05, 0.1) is 29.8 Å². The number of aromatic nitrogens is 1. The van der Waals surface area contributed by atoms with Crippen LogP contribution in [-0.2, 0) is 23.1 Å². The van der Waals surface area contributed by atoms with Crippen LogP contribution < -0.4 is 14.8 Å². The molecule has 1 aromatic heterocycles. The Bertz CT molecular complexity index is 685. The molecule has 2 rings (SSSR count). The second kappa shape index (κ2) is 6.99. The highest BCUT2D eigenvalue weighted by Crippen LogP contribution is 2.22. The van der Waals surface area contributed by atoms with E-state index < -0.39 is 10.0 Å². The maximum absolute atomic E-state index is 12.3. The molecule has 0 amide bonds. The first-order valence-corrected chi connectivity index (χ1v) is 8.67. The SMILES string of the molecule is CNCc1cc(S(=O)(=O)NCc2cscn2)ccc1OC. The minimum Gasteiger partial charge on any atom is -0.496 e. The average molecular weight is 327 g/mol. The molecule has 0 saturated heterocycles. The average Bonchev–Trinajstić information content (AvgIpc) is 2.99. The third-order valence-corrected chi connectivity index (χ3v) is 4.89. The zero-order chi connectivity index (χ0) is 15.3. The second-order valence-corrected chi connectivity index (χ2v) is 6.79. The lowest BCUT2D eigenvalue weighted by atomic mass is 10.2. The van der Waals surface area contributed by atoms with Crippen molar-refractivity contribution in [2.24, 2.45) is 0 Å². The van der Waals surface area contributed by atoms with E-state index in [2.05, 4.69) is 15.0 Å². The summed E-state index contributed by atoms with van der Waals surface area (Å²) in [6, 6.07) is 4.80. The molecule has 0 spiro atoms. The van der Waals surface area contributed by atoms with Gasteiger partial charge in [0.15, 0.2) is 0 Å². The summed E-state index contributed by atoms with van der Waals surface area (Å²) in [4.78, 5) is 4.26. The van der Waals surface area contributed by atoms with Crippen molar-refractivity contribution in [3.63, 3.8) is 0 Å². The first-order chi connectivity index (χ1) is 10.1. The number of ether oxygens (including phenoxy) is 1. The van der Waals surface area contributed by atoms with Crippen LogP contribution in [0.1, 0.15) is 11.3 Å². The summed E-state index contributed by atoms with van der Waals surface area (Å²) < 4.78 is 32.3. The molecule has 1 heterocycles. The molecular formula is C13H17N3O3S2. The number of methoxy groups -OCH3 is 1. The maximum Gasteiger partial charge on any atom is 0.240 e. The number of thiazole rings is 1. The first-order valence-electron chi connectivity index (χ1n) is 6.25. The topological polar surface area (TPSA) is 80.3 Å². The molecule has 1 aromatic carbocycles. The molecule has 0 bridgehead atoms. The zero-order valence-electron chi connectivity index (χ0n) is 11.8. The predicted octanol–water partition coefficient (Wildman–Crippen LogP) is 1.35. The molecule has 0 atom stereocenters.